The van der Waals surface area contributed by atoms with E-state index in [-0.39, 0.29) is 39.3 Å². The fourth-order valence-corrected chi connectivity index (χ4v) is 4.05. The first-order valence-corrected chi connectivity index (χ1v) is 10.0. The number of para-hydroxylation sites is 1. The van der Waals surface area contributed by atoms with Gasteiger partial charge in [0.1, 0.15) is 23.0 Å². The van der Waals surface area contributed by atoms with Crippen molar-refractivity contribution in [2.24, 2.45) is 0 Å². The molecule has 148 valence electrons. The third kappa shape index (κ3) is 3.45. The van der Waals surface area contributed by atoms with E-state index in [4.69, 9.17) is 10.3 Å². The van der Waals surface area contributed by atoms with Crippen molar-refractivity contribution in [3.63, 3.8) is 0 Å². The number of benzene rings is 1. The normalized spacial score (nSPS) is 12.9. The van der Waals surface area contributed by atoms with E-state index in [2.05, 4.69) is 16.3 Å². The molecule has 10 heteroatoms. The summed E-state index contributed by atoms with van der Waals surface area (Å²) in [4.78, 5) is 29.1. The fourth-order valence-electron chi connectivity index (χ4n) is 3.18. The summed E-state index contributed by atoms with van der Waals surface area (Å²) in [5.74, 6) is -0.520. The van der Waals surface area contributed by atoms with Gasteiger partial charge in [0.15, 0.2) is 0 Å². The number of ketones is 1. The van der Waals surface area contributed by atoms with E-state index in [0.29, 0.717) is 11.3 Å². The first-order chi connectivity index (χ1) is 14.5. The lowest BCUT2D eigenvalue weighted by Crippen LogP contribution is -2.41. The highest BCUT2D eigenvalue weighted by Crippen LogP contribution is 2.45. The van der Waals surface area contributed by atoms with Crippen LogP contribution < -0.4 is 16.0 Å². The molecular weight excluding hydrogens is 404 g/mol. The Morgan fingerprint density at radius 3 is 2.60 bits per heavy atom. The number of hydrogen-bond acceptors (Lipinski definition) is 8. The van der Waals surface area contributed by atoms with Crippen LogP contribution in [0.1, 0.15) is 45.9 Å². The molecule has 0 bridgehead atoms. The summed E-state index contributed by atoms with van der Waals surface area (Å²) in [6, 6.07) is 12.9. The van der Waals surface area contributed by atoms with E-state index in [9.17, 15) is 20.1 Å². The lowest BCUT2D eigenvalue weighted by atomic mass is 10.0. The third-order valence-corrected chi connectivity index (χ3v) is 5.68. The number of nitriles is 2. The second-order valence-electron chi connectivity index (χ2n) is 6.68. The molecule has 0 aliphatic heterocycles. The van der Waals surface area contributed by atoms with Crippen molar-refractivity contribution < 1.29 is 14.0 Å². The molecule has 0 amide bonds. The minimum absolute atomic E-state index is 0.0360. The predicted molar refractivity (Wildman–Crippen MR) is 106 cm³/mol. The minimum Gasteiger partial charge on any atom is -0.383 e. The predicted octanol–water partition coefficient (Wildman–Crippen LogP) is 1.82. The number of thioether (sulfide) groups is 1. The minimum atomic E-state index is -0.795. The summed E-state index contributed by atoms with van der Waals surface area (Å²) in [6.07, 6.45) is 1.74. The van der Waals surface area contributed by atoms with Crippen molar-refractivity contribution in [3.05, 3.63) is 63.1 Å². The smallest absolute Gasteiger partial charge is 0.383 e. The molecule has 0 spiro atoms. The average Bonchev–Trinajstić information content (AvgIpc) is 3.53. The highest BCUT2D eigenvalue weighted by atomic mass is 32.2. The topological polar surface area (TPSA) is 153 Å². The molecule has 9 nitrogen and oxygen atoms in total. The molecule has 0 unspecified atom stereocenters. The van der Waals surface area contributed by atoms with Crippen LogP contribution in [0.4, 0.5) is 5.82 Å². The number of pyridine rings is 1. The van der Waals surface area contributed by atoms with Crippen molar-refractivity contribution in [1.82, 2.24) is 10.3 Å². The van der Waals surface area contributed by atoms with Gasteiger partial charge in [0, 0.05) is 12.1 Å². The van der Waals surface area contributed by atoms with Crippen LogP contribution in [0.25, 0.3) is 5.69 Å². The molecule has 0 atom stereocenters. The number of nitrogens with zero attached hydrogens (tertiary/aromatic N) is 4. The van der Waals surface area contributed by atoms with Gasteiger partial charge in [-0.25, -0.2) is 9.78 Å². The van der Waals surface area contributed by atoms with Crippen molar-refractivity contribution in [1.29, 1.82) is 10.5 Å². The lowest BCUT2D eigenvalue weighted by Gasteiger charge is -2.11. The van der Waals surface area contributed by atoms with Crippen molar-refractivity contribution in [2.75, 3.05) is 11.5 Å². The molecule has 1 aromatic carbocycles. The summed E-state index contributed by atoms with van der Waals surface area (Å²) in [7, 11) is 0. The number of anilines is 1. The summed E-state index contributed by atoms with van der Waals surface area (Å²) < 4.78 is 6.08. The maximum Gasteiger partial charge on any atom is 0.438 e. The molecule has 2 aromatic heterocycles. The number of aromatic amines is 1. The average molecular weight is 419 g/mol. The van der Waals surface area contributed by atoms with Crippen LogP contribution in [0.15, 0.2) is 44.7 Å². The lowest BCUT2D eigenvalue weighted by molar-refractivity contribution is -0.672. The molecule has 4 rings (SSSR count). The standard InChI is InChI=1S/C20H14N6O3S/c21-8-13-16(11-6-7-11)14(9-22)19(24-18(13)23)30-10-15(27)17-20(28)29-25-26(17)12-4-2-1-3-5-12/h1-5,11H,6-7,10H2,(H2-,23,24,25,27,28)/p+1. The van der Waals surface area contributed by atoms with Crippen LogP contribution in [0, 0.1) is 22.7 Å². The van der Waals surface area contributed by atoms with Crippen molar-refractivity contribution in [2.45, 2.75) is 23.8 Å². The molecule has 3 N–H and O–H groups in total. The second-order valence-corrected chi connectivity index (χ2v) is 7.64. The quantitative estimate of drug-likeness (QED) is 0.348. The number of nitrogens with two attached hydrogens (primary N) is 1. The van der Waals surface area contributed by atoms with Gasteiger partial charge in [-0.3, -0.25) is 9.32 Å². The Hall–Kier alpha value is -3.89. The summed E-state index contributed by atoms with van der Waals surface area (Å²) in [6.45, 7) is 0. The molecule has 1 aliphatic carbocycles. The molecule has 3 aromatic rings. The van der Waals surface area contributed by atoms with E-state index in [1.54, 1.807) is 30.3 Å². The van der Waals surface area contributed by atoms with Crippen LogP contribution in [-0.2, 0) is 0 Å². The van der Waals surface area contributed by atoms with E-state index in [0.717, 1.165) is 24.6 Å². The Morgan fingerprint density at radius 2 is 1.97 bits per heavy atom. The van der Waals surface area contributed by atoms with Gasteiger partial charge in [-0.05, 0) is 34.3 Å². The maximum atomic E-state index is 12.8. The molecule has 1 saturated carbocycles. The number of nitrogens with one attached hydrogen (secondary N) is 1. The van der Waals surface area contributed by atoms with E-state index < -0.39 is 11.4 Å². The highest BCUT2D eigenvalue weighted by molar-refractivity contribution is 8.00. The Labute approximate surface area is 174 Å². The molecule has 0 radical (unpaired) electrons. The fraction of sp³-hybridized carbons (Fsp3) is 0.200. The number of hydrogen-bond donors (Lipinski definition) is 2. The number of Topliss-reactive ketones (excluding diaryl/α,β-unsaturated/α-hetero) is 1. The van der Waals surface area contributed by atoms with Gasteiger partial charge in [0.05, 0.1) is 16.9 Å². The zero-order valence-corrected chi connectivity index (χ0v) is 16.4. The van der Waals surface area contributed by atoms with Crippen LogP contribution in [0.5, 0.6) is 0 Å². The van der Waals surface area contributed by atoms with Gasteiger partial charge in [0.2, 0.25) is 11.5 Å². The molecule has 30 heavy (non-hydrogen) atoms. The first kappa shape index (κ1) is 19.4. The Balaban J connectivity index is 1.65. The Morgan fingerprint density at radius 1 is 1.27 bits per heavy atom. The highest BCUT2D eigenvalue weighted by Gasteiger charge is 2.34. The Bertz CT molecular complexity index is 1280. The molecule has 2 heterocycles. The summed E-state index contributed by atoms with van der Waals surface area (Å²) in [5, 5.41) is 21.8. The van der Waals surface area contributed by atoms with Gasteiger partial charge >= 0.3 is 11.3 Å². The van der Waals surface area contributed by atoms with E-state index >= 15 is 0 Å². The number of carbonyl (C=O) groups excluding carboxylic acids is 1. The molecule has 1 aliphatic rings. The van der Waals surface area contributed by atoms with Gasteiger partial charge in [-0.1, -0.05) is 30.0 Å². The zero-order valence-electron chi connectivity index (χ0n) is 15.6. The van der Waals surface area contributed by atoms with Crippen molar-refractivity contribution >= 4 is 23.4 Å². The van der Waals surface area contributed by atoms with Gasteiger partial charge in [-0.2, -0.15) is 10.5 Å². The van der Waals surface area contributed by atoms with Gasteiger partial charge < -0.3 is 5.73 Å². The van der Waals surface area contributed by atoms with Gasteiger partial charge in [0.25, 0.3) is 0 Å². The van der Waals surface area contributed by atoms with Crippen LogP contribution in [0.3, 0.4) is 0 Å². The summed E-state index contributed by atoms with van der Waals surface area (Å²) >= 11 is 1.00. The number of carbonyl (C=O) groups is 1. The van der Waals surface area contributed by atoms with Crippen LogP contribution >= 0.6 is 11.8 Å². The van der Waals surface area contributed by atoms with E-state index in [1.165, 1.54) is 4.68 Å². The van der Waals surface area contributed by atoms with Crippen LogP contribution in [-0.4, -0.2) is 21.8 Å². The second kappa shape index (κ2) is 7.85. The number of rotatable bonds is 6. The first-order valence-electron chi connectivity index (χ1n) is 9.03. The van der Waals surface area contributed by atoms with Gasteiger partial charge in [-0.15, -0.1) is 0 Å². The molecule has 1 fully saturated rings. The summed E-state index contributed by atoms with van der Waals surface area (Å²) in [5.41, 5.74) is 6.61. The number of nitrogen functional groups attached to an aromatic ring is 1. The van der Waals surface area contributed by atoms with E-state index in [1.807, 2.05) is 6.07 Å². The number of H-pyrrole nitrogens is 1. The third-order valence-electron chi connectivity index (χ3n) is 4.70. The van der Waals surface area contributed by atoms with Crippen LogP contribution in [0.2, 0.25) is 0 Å². The zero-order chi connectivity index (χ0) is 21.3. The number of aromatic nitrogens is 3. The molecule has 0 saturated heterocycles. The maximum absolute atomic E-state index is 12.8. The SMILES string of the molecule is N#Cc1c(N)nc(SCC(=O)c2c(=O)o[nH][n+]2-c2ccccc2)c(C#N)c1C1CC1. The Kier molecular flexibility index (Phi) is 5.09. The monoisotopic (exact) mass is 419 g/mol. The largest absolute Gasteiger partial charge is 0.438 e. The van der Waals surface area contributed by atoms with Crippen molar-refractivity contribution in [3.8, 4) is 17.8 Å². The molecular formula is C20H15N6O3S+.